The third-order valence-electron chi connectivity index (χ3n) is 6.50. The molecular formula is C25H27F2N7OS. The zero-order valence-corrected chi connectivity index (χ0v) is 20.9. The Hall–Kier alpha value is -3.47. The predicted octanol–water partition coefficient (Wildman–Crippen LogP) is 4.15. The summed E-state index contributed by atoms with van der Waals surface area (Å²) in [4.78, 5) is 20.2. The summed E-state index contributed by atoms with van der Waals surface area (Å²) in [5.41, 5.74) is 1.85. The van der Waals surface area contributed by atoms with Gasteiger partial charge in [0.2, 0.25) is 0 Å². The van der Waals surface area contributed by atoms with Crippen LogP contribution in [0, 0.1) is 0 Å². The minimum absolute atomic E-state index is 0.0569. The number of carbonyl (C=O) groups is 1. The van der Waals surface area contributed by atoms with Crippen LogP contribution in [0.1, 0.15) is 40.6 Å². The first-order valence-corrected chi connectivity index (χ1v) is 12.7. The maximum atomic E-state index is 13.8. The number of alkyl halides is 2. The van der Waals surface area contributed by atoms with Crippen molar-refractivity contribution < 1.29 is 13.6 Å². The van der Waals surface area contributed by atoms with Crippen molar-refractivity contribution in [1.29, 1.82) is 0 Å². The van der Waals surface area contributed by atoms with Crippen molar-refractivity contribution in [3.63, 3.8) is 0 Å². The normalized spacial score (nSPS) is 19.6. The molecule has 36 heavy (non-hydrogen) atoms. The Morgan fingerprint density at radius 2 is 2.11 bits per heavy atom. The minimum Gasteiger partial charge on any atom is -0.353 e. The van der Waals surface area contributed by atoms with Gasteiger partial charge in [0.25, 0.3) is 12.3 Å². The van der Waals surface area contributed by atoms with Gasteiger partial charge in [-0.15, -0.1) is 0 Å². The van der Waals surface area contributed by atoms with Gasteiger partial charge >= 0.3 is 0 Å². The number of fused-ring (bicyclic) bond motifs is 1. The molecular weight excluding hydrogens is 484 g/mol. The molecule has 2 aromatic heterocycles. The fourth-order valence-electron chi connectivity index (χ4n) is 4.77. The van der Waals surface area contributed by atoms with Crippen molar-refractivity contribution in [2.24, 2.45) is 7.05 Å². The van der Waals surface area contributed by atoms with Crippen molar-refractivity contribution in [3.8, 4) is 11.4 Å². The van der Waals surface area contributed by atoms with Crippen LogP contribution >= 0.6 is 11.8 Å². The van der Waals surface area contributed by atoms with E-state index in [2.05, 4.69) is 22.1 Å². The van der Waals surface area contributed by atoms with E-state index in [-0.39, 0.29) is 17.6 Å². The Balaban J connectivity index is 1.34. The molecule has 1 N–H and O–H groups in total. The van der Waals surface area contributed by atoms with Gasteiger partial charge in [0.15, 0.2) is 5.82 Å². The summed E-state index contributed by atoms with van der Waals surface area (Å²) in [5.74, 6) is 1.21. The van der Waals surface area contributed by atoms with Crippen LogP contribution in [0.4, 0.5) is 8.78 Å². The summed E-state index contributed by atoms with van der Waals surface area (Å²) in [7, 11) is 1.69. The second kappa shape index (κ2) is 9.88. The van der Waals surface area contributed by atoms with Gasteiger partial charge < -0.3 is 10.2 Å². The highest BCUT2D eigenvalue weighted by molar-refractivity contribution is 8.03. The highest BCUT2D eigenvalue weighted by Crippen LogP contribution is 2.50. The van der Waals surface area contributed by atoms with E-state index in [0.717, 1.165) is 11.4 Å². The molecule has 0 aliphatic carbocycles. The molecule has 0 radical (unpaired) electrons. The van der Waals surface area contributed by atoms with E-state index in [1.54, 1.807) is 18.1 Å². The second-order valence-electron chi connectivity index (χ2n) is 8.69. The van der Waals surface area contributed by atoms with Crippen molar-refractivity contribution in [3.05, 3.63) is 76.9 Å². The van der Waals surface area contributed by atoms with Crippen LogP contribution in [0.2, 0.25) is 0 Å². The summed E-state index contributed by atoms with van der Waals surface area (Å²) >= 11 is 1.27. The lowest BCUT2D eigenvalue weighted by molar-refractivity contribution is 0.0918. The number of benzene rings is 1. The molecule has 2 aliphatic heterocycles. The molecule has 2 atom stereocenters. The van der Waals surface area contributed by atoms with E-state index in [4.69, 9.17) is 4.98 Å². The SMILES string of the molecule is C=CC1=C(C(F)F)N(CC)C(c2cnn(C)c2C(=O)NC2CCn3nc(-c4ccccc4)nc3C2)S1. The van der Waals surface area contributed by atoms with Crippen molar-refractivity contribution in [1.82, 2.24) is 34.8 Å². The van der Waals surface area contributed by atoms with Crippen LogP contribution in [0.15, 0.2) is 59.8 Å². The lowest BCUT2D eigenvalue weighted by Gasteiger charge is -2.28. The zero-order valence-electron chi connectivity index (χ0n) is 20.1. The molecule has 4 heterocycles. The first-order valence-electron chi connectivity index (χ1n) is 11.8. The number of allylic oxidation sites excluding steroid dienone is 2. The van der Waals surface area contributed by atoms with Gasteiger partial charge in [0.05, 0.1) is 11.9 Å². The van der Waals surface area contributed by atoms with Gasteiger partial charge in [-0.2, -0.15) is 10.2 Å². The summed E-state index contributed by atoms with van der Waals surface area (Å²) < 4.78 is 31.1. The molecule has 0 saturated heterocycles. The molecule has 1 amide bonds. The first kappa shape index (κ1) is 24.2. The van der Waals surface area contributed by atoms with Crippen LogP contribution in [0.25, 0.3) is 11.4 Å². The van der Waals surface area contributed by atoms with E-state index in [1.165, 1.54) is 22.5 Å². The third-order valence-corrected chi connectivity index (χ3v) is 7.86. The quantitative estimate of drug-likeness (QED) is 0.513. The molecule has 8 nitrogen and oxygen atoms in total. The monoisotopic (exact) mass is 511 g/mol. The molecule has 1 aromatic carbocycles. The van der Waals surface area contributed by atoms with Crippen LogP contribution in [0.3, 0.4) is 0 Å². The van der Waals surface area contributed by atoms with Gasteiger partial charge in [-0.25, -0.2) is 18.4 Å². The summed E-state index contributed by atoms with van der Waals surface area (Å²) in [5, 5.41) is 11.5. The smallest absolute Gasteiger partial charge is 0.279 e. The number of aryl methyl sites for hydroxylation is 2. The summed E-state index contributed by atoms with van der Waals surface area (Å²) in [6.45, 7) is 6.53. The standard InChI is InChI=1S/C25H27F2N7OS/c1-4-18-21(22(26)27)33(5-2)25(36-18)17-14-28-32(3)20(17)24(35)29-16-11-12-34-19(13-16)30-23(31-34)15-9-7-6-8-10-15/h4,6-10,14,16,22,25H,1,5,11-13H2,2-3H3,(H,29,35). The number of carbonyl (C=O) groups excluding carboxylic acids is 1. The van der Waals surface area contributed by atoms with Crippen LogP contribution in [0.5, 0.6) is 0 Å². The van der Waals surface area contributed by atoms with E-state index in [9.17, 15) is 13.6 Å². The predicted molar refractivity (Wildman–Crippen MR) is 134 cm³/mol. The van der Waals surface area contributed by atoms with Crippen LogP contribution < -0.4 is 5.32 Å². The molecule has 188 valence electrons. The highest BCUT2D eigenvalue weighted by Gasteiger charge is 2.39. The number of nitrogens with zero attached hydrogens (tertiary/aromatic N) is 6. The minimum atomic E-state index is -2.63. The number of hydrogen-bond acceptors (Lipinski definition) is 6. The fraction of sp³-hybridized carbons (Fsp3) is 0.360. The fourth-order valence-corrected chi connectivity index (χ4v) is 6.12. The van der Waals surface area contributed by atoms with Gasteiger partial charge in [0, 0.05) is 48.6 Å². The van der Waals surface area contributed by atoms with Crippen molar-refractivity contribution in [2.75, 3.05) is 6.54 Å². The van der Waals surface area contributed by atoms with Crippen LogP contribution in [-0.2, 0) is 20.0 Å². The molecule has 0 bridgehead atoms. The topological polar surface area (TPSA) is 80.9 Å². The average molecular weight is 512 g/mol. The van der Waals surface area contributed by atoms with E-state index in [1.807, 2.05) is 41.9 Å². The molecule has 0 saturated carbocycles. The summed E-state index contributed by atoms with van der Waals surface area (Å²) in [6.07, 6.45) is 1.67. The Kier molecular flexibility index (Phi) is 6.65. The van der Waals surface area contributed by atoms with Crippen molar-refractivity contribution in [2.45, 2.75) is 44.2 Å². The average Bonchev–Trinajstić information content (AvgIpc) is 3.58. The number of halogens is 2. The number of thioether (sulfide) groups is 1. The van der Waals surface area contributed by atoms with E-state index < -0.39 is 11.8 Å². The number of aromatic nitrogens is 5. The van der Waals surface area contributed by atoms with Crippen molar-refractivity contribution >= 4 is 17.7 Å². The Morgan fingerprint density at radius 3 is 2.81 bits per heavy atom. The molecule has 5 rings (SSSR count). The Morgan fingerprint density at radius 1 is 1.33 bits per heavy atom. The van der Waals surface area contributed by atoms with Gasteiger partial charge in [-0.1, -0.05) is 54.7 Å². The molecule has 2 unspecified atom stereocenters. The second-order valence-corrected chi connectivity index (χ2v) is 9.81. The maximum Gasteiger partial charge on any atom is 0.279 e. The third kappa shape index (κ3) is 4.32. The zero-order chi connectivity index (χ0) is 25.4. The number of rotatable bonds is 7. The number of nitrogens with one attached hydrogen (secondary N) is 1. The number of amides is 1. The van der Waals surface area contributed by atoms with Gasteiger partial charge in [0.1, 0.15) is 16.9 Å². The highest BCUT2D eigenvalue weighted by atomic mass is 32.2. The lowest BCUT2D eigenvalue weighted by atomic mass is 10.1. The molecule has 2 aliphatic rings. The Bertz CT molecular complexity index is 1320. The number of hydrogen-bond donors (Lipinski definition) is 1. The largest absolute Gasteiger partial charge is 0.353 e. The maximum absolute atomic E-state index is 13.8. The summed E-state index contributed by atoms with van der Waals surface area (Å²) in [6, 6.07) is 9.66. The Labute approximate surface area is 212 Å². The molecule has 0 fully saturated rings. The van der Waals surface area contributed by atoms with Gasteiger partial charge in [-0.05, 0) is 13.3 Å². The van der Waals surface area contributed by atoms with Gasteiger partial charge in [-0.3, -0.25) is 9.48 Å². The van der Waals surface area contributed by atoms with E-state index >= 15 is 0 Å². The van der Waals surface area contributed by atoms with Crippen LogP contribution in [-0.4, -0.2) is 54.4 Å². The first-order chi connectivity index (χ1) is 17.4. The molecule has 3 aromatic rings. The molecule has 0 spiro atoms. The lowest BCUT2D eigenvalue weighted by Crippen LogP contribution is -2.41. The molecule has 11 heteroatoms. The van der Waals surface area contributed by atoms with E-state index in [0.29, 0.717) is 47.9 Å².